The van der Waals surface area contributed by atoms with Crippen LogP contribution in [-0.4, -0.2) is 23.9 Å². The van der Waals surface area contributed by atoms with Crippen molar-refractivity contribution in [1.82, 2.24) is 0 Å². The third-order valence-electron chi connectivity index (χ3n) is 3.90. The first-order valence-corrected chi connectivity index (χ1v) is 6.72. The van der Waals surface area contributed by atoms with Crippen molar-refractivity contribution in [3.8, 4) is 5.75 Å². The van der Waals surface area contributed by atoms with Gasteiger partial charge in [-0.2, -0.15) is 0 Å². The Bertz CT molecular complexity index is 377. The summed E-state index contributed by atoms with van der Waals surface area (Å²) in [6.45, 7) is 0. The zero-order valence-electron chi connectivity index (χ0n) is 11.1. The highest BCUT2D eigenvalue weighted by Crippen LogP contribution is 2.31. The molecule has 0 amide bonds. The van der Waals surface area contributed by atoms with E-state index in [-0.39, 0.29) is 6.04 Å². The van der Waals surface area contributed by atoms with E-state index in [1.807, 2.05) is 12.1 Å². The zero-order valence-corrected chi connectivity index (χ0v) is 11.1. The molecule has 1 fully saturated rings. The molecule has 1 aliphatic rings. The minimum atomic E-state index is -0.558. The SMILES string of the molecule is COc1ccc(CCC2(O)CCCC(N)C2)cc1. The molecule has 0 aliphatic heterocycles. The third kappa shape index (κ3) is 3.47. The number of methoxy groups -OCH3 is 1. The van der Waals surface area contributed by atoms with E-state index in [2.05, 4.69) is 12.1 Å². The Morgan fingerprint density at radius 3 is 2.72 bits per heavy atom. The Kier molecular flexibility index (Phi) is 4.25. The van der Waals surface area contributed by atoms with Gasteiger partial charge in [-0.1, -0.05) is 12.1 Å². The molecule has 1 aliphatic carbocycles. The fourth-order valence-electron chi connectivity index (χ4n) is 2.78. The van der Waals surface area contributed by atoms with Gasteiger partial charge in [0.25, 0.3) is 0 Å². The van der Waals surface area contributed by atoms with Crippen LogP contribution in [0.4, 0.5) is 0 Å². The predicted octanol–water partition coefficient (Wildman–Crippen LogP) is 2.26. The van der Waals surface area contributed by atoms with Crippen LogP contribution < -0.4 is 10.5 Å². The molecule has 3 nitrogen and oxygen atoms in total. The normalized spacial score (nSPS) is 28.1. The number of hydrogen-bond acceptors (Lipinski definition) is 3. The molecule has 18 heavy (non-hydrogen) atoms. The van der Waals surface area contributed by atoms with Gasteiger partial charge in [0.15, 0.2) is 0 Å². The van der Waals surface area contributed by atoms with Crippen LogP contribution in [0.15, 0.2) is 24.3 Å². The molecule has 0 aromatic heterocycles. The standard InChI is InChI=1S/C15H23NO2/c1-18-14-6-4-12(5-7-14)8-10-15(17)9-2-3-13(16)11-15/h4-7,13,17H,2-3,8-11,16H2,1H3. The van der Waals surface area contributed by atoms with Crippen molar-refractivity contribution in [1.29, 1.82) is 0 Å². The molecule has 0 bridgehead atoms. The van der Waals surface area contributed by atoms with Gasteiger partial charge in [-0.25, -0.2) is 0 Å². The minimum absolute atomic E-state index is 0.166. The lowest BCUT2D eigenvalue weighted by atomic mass is 9.79. The highest BCUT2D eigenvalue weighted by Gasteiger charge is 2.32. The van der Waals surface area contributed by atoms with Crippen molar-refractivity contribution in [3.05, 3.63) is 29.8 Å². The molecule has 0 saturated heterocycles. The average Bonchev–Trinajstić information content (AvgIpc) is 2.37. The molecular formula is C15H23NO2. The maximum Gasteiger partial charge on any atom is 0.118 e. The zero-order chi connectivity index (χ0) is 13.0. The molecule has 2 rings (SSSR count). The summed E-state index contributed by atoms with van der Waals surface area (Å²) in [5.41, 5.74) is 6.62. The summed E-state index contributed by atoms with van der Waals surface area (Å²) in [6, 6.07) is 8.22. The molecule has 0 radical (unpaired) electrons. The first-order chi connectivity index (χ1) is 8.61. The summed E-state index contributed by atoms with van der Waals surface area (Å²) in [6.07, 6.45) is 5.41. The van der Waals surface area contributed by atoms with Crippen LogP contribution in [0.2, 0.25) is 0 Å². The van der Waals surface area contributed by atoms with Crippen molar-refractivity contribution in [3.63, 3.8) is 0 Å². The highest BCUT2D eigenvalue weighted by atomic mass is 16.5. The van der Waals surface area contributed by atoms with Gasteiger partial charge < -0.3 is 15.6 Å². The first kappa shape index (κ1) is 13.4. The van der Waals surface area contributed by atoms with Crippen molar-refractivity contribution >= 4 is 0 Å². The Morgan fingerprint density at radius 2 is 2.11 bits per heavy atom. The number of nitrogens with two attached hydrogens (primary N) is 1. The van der Waals surface area contributed by atoms with Gasteiger partial charge in [0, 0.05) is 6.04 Å². The van der Waals surface area contributed by atoms with E-state index < -0.39 is 5.60 Å². The Hall–Kier alpha value is -1.06. The van der Waals surface area contributed by atoms with Crippen molar-refractivity contribution in [2.45, 2.75) is 50.2 Å². The van der Waals surface area contributed by atoms with E-state index in [0.717, 1.165) is 44.3 Å². The largest absolute Gasteiger partial charge is 0.497 e. The maximum absolute atomic E-state index is 10.5. The molecule has 2 unspecified atom stereocenters. The van der Waals surface area contributed by atoms with Crippen LogP contribution >= 0.6 is 0 Å². The summed E-state index contributed by atoms with van der Waals surface area (Å²) >= 11 is 0. The first-order valence-electron chi connectivity index (χ1n) is 6.72. The molecular weight excluding hydrogens is 226 g/mol. The summed E-state index contributed by atoms with van der Waals surface area (Å²) in [7, 11) is 1.67. The van der Waals surface area contributed by atoms with Crippen molar-refractivity contribution in [2.24, 2.45) is 5.73 Å². The highest BCUT2D eigenvalue weighted by molar-refractivity contribution is 5.27. The average molecular weight is 249 g/mol. The second-order valence-electron chi connectivity index (χ2n) is 5.43. The summed E-state index contributed by atoms with van der Waals surface area (Å²) in [5, 5.41) is 10.5. The van der Waals surface area contributed by atoms with Gasteiger partial charge in [-0.15, -0.1) is 0 Å². The molecule has 3 heteroatoms. The van der Waals surface area contributed by atoms with Crippen LogP contribution in [0, 0.1) is 0 Å². The van der Waals surface area contributed by atoms with Crippen LogP contribution in [-0.2, 0) is 6.42 Å². The number of hydrogen-bond donors (Lipinski definition) is 2. The third-order valence-corrected chi connectivity index (χ3v) is 3.90. The molecule has 2 atom stereocenters. The van der Waals surface area contributed by atoms with E-state index in [0.29, 0.717) is 0 Å². The smallest absolute Gasteiger partial charge is 0.118 e. The summed E-state index contributed by atoms with van der Waals surface area (Å²) < 4.78 is 5.13. The van der Waals surface area contributed by atoms with Crippen LogP contribution in [0.1, 0.15) is 37.7 Å². The van der Waals surface area contributed by atoms with Crippen LogP contribution in [0.3, 0.4) is 0 Å². The van der Waals surface area contributed by atoms with Crippen LogP contribution in [0.25, 0.3) is 0 Å². The summed E-state index contributed by atoms with van der Waals surface area (Å²) in [4.78, 5) is 0. The lowest BCUT2D eigenvalue weighted by Crippen LogP contribution is -2.41. The monoisotopic (exact) mass is 249 g/mol. The van der Waals surface area contributed by atoms with Gasteiger partial charge in [-0.3, -0.25) is 0 Å². The van der Waals surface area contributed by atoms with Gasteiger partial charge in [0.2, 0.25) is 0 Å². The number of ether oxygens (including phenoxy) is 1. The van der Waals surface area contributed by atoms with Crippen molar-refractivity contribution < 1.29 is 9.84 Å². The van der Waals surface area contributed by atoms with Gasteiger partial charge in [0.05, 0.1) is 12.7 Å². The topological polar surface area (TPSA) is 55.5 Å². The van der Waals surface area contributed by atoms with Crippen LogP contribution in [0.5, 0.6) is 5.75 Å². The minimum Gasteiger partial charge on any atom is -0.497 e. The fourth-order valence-corrected chi connectivity index (χ4v) is 2.78. The van der Waals surface area contributed by atoms with Gasteiger partial charge in [0.1, 0.15) is 5.75 Å². The lowest BCUT2D eigenvalue weighted by molar-refractivity contribution is -0.00958. The van der Waals surface area contributed by atoms with E-state index >= 15 is 0 Å². The lowest BCUT2D eigenvalue weighted by Gasteiger charge is -2.35. The second-order valence-corrected chi connectivity index (χ2v) is 5.43. The van der Waals surface area contributed by atoms with Gasteiger partial charge in [-0.05, 0) is 56.2 Å². The quantitative estimate of drug-likeness (QED) is 0.860. The number of benzene rings is 1. The molecule has 1 aromatic carbocycles. The molecule has 1 saturated carbocycles. The Morgan fingerprint density at radius 1 is 1.39 bits per heavy atom. The summed E-state index contributed by atoms with van der Waals surface area (Å²) in [5.74, 6) is 0.872. The molecule has 3 N–H and O–H groups in total. The van der Waals surface area contributed by atoms with E-state index in [4.69, 9.17) is 10.5 Å². The van der Waals surface area contributed by atoms with E-state index in [1.165, 1.54) is 5.56 Å². The molecule has 100 valence electrons. The molecule has 0 heterocycles. The Labute approximate surface area is 109 Å². The fraction of sp³-hybridized carbons (Fsp3) is 0.600. The van der Waals surface area contributed by atoms with Crippen molar-refractivity contribution in [2.75, 3.05) is 7.11 Å². The van der Waals surface area contributed by atoms with E-state index in [1.54, 1.807) is 7.11 Å². The predicted molar refractivity (Wildman–Crippen MR) is 72.7 cm³/mol. The molecule has 0 spiro atoms. The van der Waals surface area contributed by atoms with Gasteiger partial charge >= 0.3 is 0 Å². The molecule has 1 aromatic rings. The number of aliphatic hydroxyl groups is 1. The second kappa shape index (κ2) is 5.72. The number of aryl methyl sites for hydroxylation is 1. The number of rotatable bonds is 4. The van der Waals surface area contributed by atoms with E-state index in [9.17, 15) is 5.11 Å². The Balaban J connectivity index is 1.89. The maximum atomic E-state index is 10.5.